The summed E-state index contributed by atoms with van der Waals surface area (Å²) in [5, 5.41) is 0. The first-order valence-corrected chi connectivity index (χ1v) is 9.64. The van der Waals surface area contributed by atoms with Gasteiger partial charge in [-0.3, -0.25) is 4.79 Å². The minimum Gasteiger partial charge on any atom is -0.497 e. The molecule has 4 nitrogen and oxygen atoms in total. The highest BCUT2D eigenvalue weighted by atomic mass is 16.5. The molecule has 0 bridgehead atoms. The van der Waals surface area contributed by atoms with Gasteiger partial charge in [-0.1, -0.05) is 29.8 Å². The first-order valence-electron chi connectivity index (χ1n) is 9.64. The van der Waals surface area contributed by atoms with Gasteiger partial charge < -0.3 is 14.5 Å². The zero-order valence-electron chi connectivity index (χ0n) is 16.2. The highest BCUT2D eigenvalue weighted by molar-refractivity contribution is 6.06. The van der Waals surface area contributed by atoms with Crippen molar-refractivity contribution in [2.75, 3.05) is 32.1 Å². The number of amides is 1. The fraction of sp³-hybridized carbons (Fsp3) is 0.348. The Hall–Kier alpha value is -2.59. The molecule has 4 heteroatoms. The van der Waals surface area contributed by atoms with Crippen LogP contribution in [0.3, 0.4) is 0 Å². The first-order chi connectivity index (χ1) is 13.1. The number of carbonyl (C=O) groups excluding carboxylic acids is 1. The van der Waals surface area contributed by atoms with Crippen LogP contribution in [0.5, 0.6) is 5.75 Å². The third kappa shape index (κ3) is 3.37. The summed E-state index contributed by atoms with van der Waals surface area (Å²) < 4.78 is 5.19. The van der Waals surface area contributed by atoms with E-state index in [1.165, 1.54) is 11.1 Å². The molecular formula is C23H27N2O2+. The number of quaternary nitrogens is 1. The molecule has 0 radical (unpaired) electrons. The predicted molar refractivity (Wildman–Crippen MR) is 108 cm³/mol. The molecule has 4 rings (SSSR count). The molecule has 1 saturated heterocycles. The van der Waals surface area contributed by atoms with E-state index >= 15 is 0 Å². The van der Waals surface area contributed by atoms with Gasteiger partial charge in [0.25, 0.3) is 5.91 Å². The van der Waals surface area contributed by atoms with Crippen molar-refractivity contribution in [3.05, 3.63) is 65.2 Å². The zero-order valence-corrected chi connectivity index (χ0v) is 16.2. The average Bonchev–Trinajstić information content (AvgIpc) is 2.99. The molecule has 3 atom stereocenters. The number of rotatable bonds is 3. The monoisotopic (exact) mass is 363 g/mol. The van der Waals surface area contributed by atoms with E-state index in [1.807, 2.05) is 35.2 Å². The van der Waals surface area contributed by atoms with Crippen LogP contribution < -0.4 is 14.5 Å². The predicted octanol–water partition coefficient (Wildman–Crippen LogP) is 2.43. The second kappa shape index (κ2) is 7.20. The summed E-state index contributed by atoms with van der Waals surface area (Å²) in [4.78, 5) is 16.7. The van der Waals surface area contributed by atoms with Crippen LogP contribution in [-0.4, -0.2) is 39.2 Å². The summed E-state index contributed by atoms with van der Waals surface area (Å²) >= 11 is 0. The molecule has 0 aromatic heterocycles. The van der Waals surface area contributed by atoms with Gasteiger partial charge in [0, 0.05) is 18.2 Å². The quantitative estimate of drug-likeness (QED) is 0.850. The van der Waals surface area contributed by atoms with Crippen molar-refractivity contribution in [1.82, 2.24) is 0 Å². The van der Waals surface area contributed by atoms with Crippen molar-refractivity contribution >= 4 is 17.7 Å². The fourth-order valence-electron chi connectivity index (χ4n) is 4.45. The standard InChI is InChI=1S/C23H26N2O2/c1-16-4-10-21-19(14-16)20-15-24(2)13-12-22(20)25(21)23(26)11-7-17-5-8-18(27-3)9-6-17/h4-11,14,20,22H,12-13,15H2,1-3H3/p+1/b11-7+/t20-,22-/m1/s1. The Balaban J connectivity index is 1.61. The molecule has 2 aromatic carbocycles. The molecule has 1 amide bonds. The molecule has 2 heterocycles. The Morgan fingerprint density at radius 2 is 2.00 bits per heavy atom. The Morgan fingerprint density at radius 3 is 2.74 bits per heavy atom. The molecule has 2 aliphatic heterocycles. The maximum absolute atomic E-state index is 13.1. The molecule has 0 aliphatic carbocycles. The van der Waals surface area contributed by atoms with Gasteiger partial charge in [0.15, 0.2) is 0 Å². The third-order valence-electron chi connectivity index (χ3n) is 5.85. The number of ether oxygens (including phenoxy) is 1. The number of methoxy groups -OCH3 is 1. The molecule has 1 fully saturated rings. The van der Waals surface area contributed by atoms with Crippen molar-refractivity contribution in [3.8, 4) is 5.75 Å². The molecule has 2 aromatic rings. The van der Waals surface area contributed by atoms with Crippen LogP contribution in [0.15, 0.2) is 48.5 Å². The van der Waals surface area contributed by atoms with Crippen LogP contribution >= 0.6 is 0 Å². The molecular weight excluding hydrogens is 336 g/mol. The van der Waals surface area contributed by atoms with E-state index in [0.717, 1.165) is 36.5 Å². The number of likely N-dealkylation sites (N-methyl/N-ethyl adjacent to an activating group) is 1. The van der Waals surface area contributed by atoms with Crippen molar-refractivity contribution in [2.24, 2.45) is 0 Å². The number of benzene rings is 2. The molecule has 27 heavy (non-hydrogen) atoms. The highest BCUT2D eigenvalue weighted by Crippen LogP contribution is 2.43. The van der Waals surface area contributed by atoms with E-state index in [4.69, 9.17) is 4.74 Å². The summed E-state index contributed by atoms with van der Waals surface area (Å²) in [6.45, 7) is 4.33. The normalized spacial score (nSPS) is 24.0. The maximum atomic E-state index is 13.1. The number of fused-ring (bicyclic) bond motifs is 3. The van der Waals surface area contributed by atoms with Crippen LogP contribution in [-0.2, 0) is 4.79 Å². The summed E-state index contributed by atoms with van der Waals surface area (Å²) in [7, 11) is 3.90. The molecule has 1 unspecified atom stereocenters. The van der Waals surface area contributed by atoms with E-state index in [1.54, 1.807) is 18.1 Å². The summed E-state index contributed by atoms with van der Waals surface area (Å²) in [5.74, 6) is 1.33. The molecule has 1 N–H and O–H groups in total. The zero-order chi connectivity index (χ0) is 19.0. The fourth-order valence-corrected chi connectivity index (χ4v) is 4.45. The maximum Gasteiger partial charge on any atom is 0.251 e. The SMILES string of the molecule is COc1ccc(/C=C/C(=O)N2c3ccc(C)cc3[C@H]3C[NH+](C)CC[C@H]32)cc1. The van der Waals surface area contributed by atoms with Crippen LogP contribution in [0.1, 0.15) is 29.0 Å². The smallest absolute Gasteiger partial charge is 0.251 e. The number of anilines is 1. The number of piperidine rings is 1. The van der Waals surface area contributed by atoms with Crippen molar-refractivity contribution in [2.45, 2.75) is 25.3 Å². The van der Waals surface area contributed by atoms with Gasteiger partial charge in [0.05, 0.1) is 39.2 Å². The van der Waals surface area contributed by atoms with Gasteiger partial charge in [-0.2, -0.15) is 0 Å². The Bertz CT molecular complexity index is 872. The molecule has 2 aliphatic rings. The van der Waals surface area contributed by atoms with Crippen LogP contribution in [0.2, 0.25) is 0 Å². The second-order valence-electron chi connectivity index (χ2n) is 7.75. The Labute approximate surface area is 161 Å². The van der Waals surface area contributed by atoms with Crippen LogP contribution in [0.25, 0.3) is 6.08 Å². The van der Waals surface area contributed by atoms with Gasteiger partial charge in [0.1, 0.15) is 5.75 Å². The lowest BCUT2D eigenvalue weighted by Gasteiger charge is -2.34. The largest absolute Gasteiger partial charge is 0.497 e. The van der Waals surface area contributed by atoms with Gasteiger partial charge in [-0.25, -0.2) is 0 Å². The second-order valence-corrected chi connectivity index (χ2v) is 7.75. The van der Waals surface area contributed by atoms with Crippen molar-refractivity contribution in [3.63, 3.8) is 0 Å². The lowest BCUT2D eigenvalue weighted by molar-refractivity contribution is -0.886. The lowest BCUT2D eigenvalue weighted by Crippen LogP contribution is -3.11. The van der Waals surface area contributed by atoms with Gasteiger partial charge in [-0.05, 0) is 42.3 Å². The minimum atomic E-state index is 0.0722. The van der Waals surface area contributed by atoms with E-state index < -0.39 is 0 Å². The average molecular weight is 363 g/mol. The van der Waals surface area contributed by atoms with Crippen LogP contribution in [0.4, 0.5) is 5.69 Å². The Morgan fingerprint density at radius 1 is 1.22 bits per heavy atom. The molecule has 0 spiro atoms. The topological polar surface area (TPSA) is 34.0 Å². The highest BCUT2D eigenvalue weighted by Gasteiger charge is 2.45. The summed E-state index contributed by atoms with van der Waals surface area (Å²) in [6, 6.07) is 14.5. The number of aryl methyl sites for hydroxylation is 1. The Kier molecular flexibility index (Phi) is 4.75. The van der Waals surface area contributed by atoms with E-state index in [0.29, 0.717) is 5.92 Å². The van der Waals surface area contributed by atoms with E-state index in [2.05, 4.69) is 32.2 Å². The third-order valence-corrected chi connectivity index (χ3v) is 5.85. The number of carbonyl (C=O) groups is 1. The van der Waals surface area contributed by atoms with E-state index in [-0.39, 0.29) is 11.9 Å². The van der Waals surface area contributed by atoms with Crippen LogP contribution in [0, 0.1) is 6.92 Å². The van der Waals surface area contributed by atoms with Gasteiger partial charge in [0.2, 0.25) is 0 Å². The van der Waals surface area contributed by atoms with Gasteiger partial charge in [-0.15, -0.1) is 0 Å². The molecule has 0 saturated carbocycles. The number of nitrogens with one attached hydrogen (secondary N) is 1. The number of likely N-dealkylation sites (tertiary alicyclic amines) is 1. The summed E-state index contributed by atoms with van der Waals surface area (Å²) in [5.41, 5.74) is 4.69. The lowest BCUT2D eigenvalue weighted by atomic mass is 9.89. The minimum absolute atomic E-state index is 0.0722. The first kappa shape index (κ1) is 17.8. The number of hydrogen-bond acceptors (Lipinski definition) is 2. The van der Waals surface area contributed by atoms with Gasteiger partial charge >= 0.3 is 0 Å². The number of hydrogen-bond donors (Lipinski definition) is 1. The number of nitrogens with zero attached hydrogens (tertiary/aromatic N) is 1. The van der Waals surface area contributed by atoms with Crippen molar-refractivity contribution < 1.29 is 14.4 Å². The summed E-state index contributed by atoms with van der Waals surface area (Å²) in [6.07, 6.45) is 4.65. The molecule has 140 valence electrons. The van der Waals surface area contributed by atoms with E-state index in [9.17, 15) is 4.79 Å². The van der Waals surface area contributed by atoms with Crippen molar-refractivity contribution in [1.29, 1.82) is 0 Å².